The molecule has 0 atom stereocenters. The van der Waals surface area contributed by atoms with Crippen molar-refractivity contribution < 1.29 is 14.7 Å². The molecule has 0 spiro atoms. The standard InChI is InChI=1S/C10H17NO3/c12-6-4-2-1-3-5-11-8-9(13)7-10(11)14/h12H,1-8H2. The average Bonchev–Trinajstić information content (AvgIpc) is 2.45. The molecule has 0 aromatic rings. The number of rotatable bonds is 6. The van der Waals surface area contributed by atoms with Crippen LogP contribution in [0.2, 0.25) is 0 Å². The Labute approximate surface area is 83.9 Å². The van der Waals surface area contributed by atoms with Gasteiger partial charge in [-0.3, -0.25) is 9.59 Å². The maximum Gasteiger partial charge on any atom is 0.230 e. The molecule has 1 heterocycles. The van der Waals surface area contributed by atoms with Crippen LogP contribution in [0.5, 0.6) is 0 Å². The highest BCUT2D eigenvalue weighted by Gasteiger charge is 2.26. The Morgan fingerprint density at radius 2 is 1.86 bits per heavy atom. The van der Waals surface area contributed by atoms with Crippen LogP contribution in [0.3, 0.4) is 0 Å². The molecule has 0 aliphatic carbocycles. The van der Waals surface area contributed by atoms with Crippen molar-refractivity contribution in [2.45, 2.75) is 32.1 Å². The Morgan fingerprint density at radius 1 is 1.14 bits per heavy atom. The Hall–Kier alpha value is -0.900. The lowest BCUT2D eigenvalue weighted by Crippen LogP contribution is -2.26. The zero-order chi connectivity index (χ0) is 10.4. The summed E-state index contributed by atoms with van der Waals surface area (Å²) < 4.78 is 0. The summed E-state index contributed by atoms with van der Waals surface area (Å²) in [5.74, 6) is 0.00233. The molecule has 1 aliphatic rings. The number of aliphatic hydroxyl groups excluding tert-OH is 1. The second kappa shape index (κ2) is 5.75. The minimum absolute atomic E-state index is 0.0304. The zero-order valence-electron chi connectivity index (χ0n) is 8.37. The third-order valence-corrected chi connectivity index (χ3v) is 2.40. The summed E-state index contributed by atoms with van der Waals surface area (Å²) in [4.78, 5) is 23.7. The van der Waals surface area contributed by atoms with E-state index in [1.165, 1.54) is 0 Å². The van der Waals surface area contributed by atoms with Crippen molar-refractivity contribution in [3.05, 3.63) is 0 Å². The van der Waals surface area contributed by atoms with Gasteiger partial charge in [0.1, 0.15) is 0 Å². The smallest absolute Gasteiger partial charge is 0.230 e. The Balaban J connectivity index is 2.07. The van der Waals surface area contributed by atoms with Crippen molar-refractivity contribution in [3.63, 3.8) is 0 Å². The van der Waals surface area contributed by atoms with Crippen LogP contribution in [0, 0.1) is 0 Å². The van der Waals surface area contributed by atoms with E-state index >= 15 is 0 Å². The summed E-state index contributed by atoms with van der Waals surface area (Å²) in [7, 11) is 0. The number of carbonyl (C=O) groups excluding carboxylic acids is 2. The quantitative estimate of drug-likeness (QED) is 0.495. The van der Waals surface area contributed by atoms with Gasteiger partial charge >= 0.3 is 0 Å². The number of nitrogens with zero attached hydrogens (tertiary/aromatic N) is 1. The predicted octanol–water partition coefficient (Wildman–Crippen LogP) is 0.340. The number of hydrogen-bond acceptors (Lipinski definition) is 3. The molecule has 1 N–H and O–H groups in total. The van der Waals surface area contributed by atoms with Crippen LogP contribution in [-0.4, -0.2) is 41.4 Å². The fraction of sp³-hybridized carbons (Fsp3) is 0.800. The molecule has 1 amide bonds. The largest absolute Gasteiger partial charge is 0.396 e. The lowest BCUT2D eigenvalue weighted by Gasteiger charge is -2.13. The van der Waals surface area contributed by atoms with Crippen LogP contribution in [0.25, 0.3) is 0 Å². The van der Waals surface area contributed by atoms with Gasteiger partial charge in [-0.25, -0.2) is 0 Å². The van der Waals surface area contributed by atoms with Gasteiger partial charge < -0.3 is 10.0 Å². The normalized spacial score (nSPS) is 16.8. The van der Waals surface area contributed by atoms with E-state index in [1.54, 1.807) is 4.90 Å². The Morgan fingerprint density at radius 3 is 2.43 bits per heavy atom. The highest BCUT2D eigenvalue weighted by atomic mass is 16.3. The van der Waals surface area contributed by atoms with Crippen molar-refractivity contribution >= 4 is 11.7 Å². The third-order valence-electron chi connectivity index (χ3n) is 2.40. The molecule has 0 aromatic carbocycles. The fourth-order valence-corrected chi connectivity index (χ4v) is 1.61. The van der Waals surface area contributed by atoms with E-state index in [2.05, 4.69) is 0 Å². The van der Waals surface area contributed by atoms with E-state index < -0.39 is 0 Å². The molecule has 80 valence electrons. The van der Waals surface area contributed by atoms with Gasteiger partial charge in [0, 0.05) is 13.2 Å². The molecule has 1 rings (SSSR count). The number of aliphatic hydroxyl groups is 1. The van der Waals surface area contributed by atoms with E-state index in [4.69, 9.17) is 5.11 Å². The van der Waals surface area contributed by atoms with E-state index in [1.807, 2.05) is 0 Å². The van der Waals surface area contributed by atoms with Gasteiger partial charge in [-0.15, -0.1) is 0 Å². The summed E-state index contributed by atoms with van der Waals surface area (Å²) in [5, 5.41) is 8.54. The maximum absolute atomic E-state index is 11.2. The minimum Gasteiger partial charge on any atom is -0.396 e. The monoisotopic (exact) mass is 199 g/mol. The van der Waals surface area contributed by atoms with Gasteiger partial charge in [-0.2, -0.15) is 0 Å². The second-order valence-electron chi connectivity index (χ2n) is 3.67. The summed E-state index contributed by atoms with van der Waals surface area (Å²) >= 11 is 0. The summed E-state index contributed by atoms with van der Waals surface area (Å²) in [5.41, 5.74) is 0. The highest BCUT2D eigenvalue weighted by Crippen LogP contribution is 2.08. The number of unbranched alkanes of at least 4 members (excludes halogenated alkanes) is 3. The molecule has 4 heteroatoms. The first kappa shape index (κ1) is 11.2. The lowest BCUT2D eigenvalue weighted by molar-refractivity contribution is -0.127. The molecule has 1 aliphatic heterocycles. The SMILES string of the molecule is O=C1CC(=O)N(CCCCCCO)C1. The van der Waals surface area contributed by atoms with Gasteiger partial charge in [-0.1, -0.05) is 12.8 Å². The Kier molecular flexibility index (Phi) is 4.59. The lowest BCUT2D eigenvalue weighted by atomic mass is 10.2. The highest BCUT2D eigenvalue weighted by molar-refractivity contribution is 6.05. The zero-order valence-corrected chi connectivity index (χ0v) is 8.37. The van der Waals surface area contributed by atoms with Crippen LogP contribution < -0.4 is 0 Å². The van der Waals surface area contributed by atoms with Crippen LogP contribution in [-0.2, 0) is 9.59 Å². The molecule has 14 heavy (non-hydrogen) atoms. The number of hydrogen-bond donors (Lipinski definition) is 1. The average molecular weight is 199 g/mol. The molecule has 0 aromatic heterocycles. The molecular weight excluding hydrogens is 182 g/mol. The molecule has 0 bridgehead atoms. The summed E-state index contributed by atoms with van der Waals surface area (Å²) in [6.45, 7) is 1.23. The van der Waals surface area contributed by atoms with Crippen LogP contribution >= 0.6 is 0 Å². The van der Waals surface area contributed by atoms with Crippen molar-refractivity contribution in [1.82, 2.24) is 4.90 Å². The number of Topliss-reactive ketones (excluding diaryl/α,β-unsaturated/α-hetero) is 1. The fourth-order valence-electron chi connectivity index (χ4n) is 1.61. The Bertz CT molecular complexity index is 215. The molecular formula is C10H17NO3. The van der Waals surface area contributed by atoms with Crippen LogP contribution in [0.4, 0.5) is 0 Å². The number of carbonyl (C=O) groups is 2. The molecule has 1 saturated heterocycles. The van der Waals surface area contributed by atoms with E-state index in [-0.39, 0.29) is 24.7 Å². The van der Waals surface area contributed by atoms with Gasteiger partial charge in [0.2, 0.25) is 5.91 Å². The molecule has 1 fully saturated rings. The number of likely N-dealkylation sites (tertiary alicyclic amines) is 1. The van der Waals surface area contributed by atoms with Gasteiger partial charge in [0.25, 0.3) is 0 Å². The van der Waals surface area contributed by atoms with Crippen LogP contribution in [0.1, 0.15) is 32.1 Å². The van der Waals surface area contributed by atoms with Gasteiger partial charge in [0.15, 0.2) is 5.78 Å². The minimum atomic E-state index is -0.0304. The first-order valence-corrected chi connectivity index (χ1v) is 5.14. The number of amides is 1. The van der Waals surface area contributed by atoms with E-state index in [9.17, 15) is 9.59 Å². The van der Waals surface area contributed by atoms with Crippen molar-refractivity contribution in [1.29, 1.82) is 0 Å². The molecule has 4 nitrogen and oxygen atoms in total. The predicted molar refractivity (Wildman–Crippen MR) is 51.8 cm³/mol. The van der Waals surface area contributed by atoms with Gasteiger partial charge in [0.05, 0.1) is 13.0 Å². The van der Waals surface area contributed by atoms with E-state index in [0.29, 0.717) is 13.1 Å². The summed E-state index contributed by atoms with van der Waals surface area (Å²) in [6, 6.07) is 0. The summed E-state index contributed by atoms with van der Waals surface area (Å²) in [6.07, 6.45) is 3.85. The molecule has 0 unspecified atom stereocenters. The van der Waals surface area contributed by atoms with E-state index in [0.717, 1.165) is 25.7 Å². The van der Waals surface area contributed by atoms with Crippen LogP contribution in [0.15, 0.2) is 0 Å². The van der Waals surface area contributed by atoms with Crippen molar-refractivity contribution in [2.24, 2.45) is 0 Å². The van der Waals surface area contributed by atoms with Crippen molar-refractivity contribution in [2.75, 3.05) is 19.7 Å². The topological polar surface area (TPSA) is 57.6 Å². The molecule has 0 saturated carbocycles. The van der Waals surface area contributed by atoms with Gasteiger partial charge in [-0.05, 0) is 12.8 Å². The first-order valence-electron chi connectivity index (χ1n) is 5.14. The molecule has 0 radical (unpaired) electrons. The second-order valence-corrected chi connectivity index (χ2v) is 3.67. The number of ketones is 1. The first-order chi connectivity index (χ1) is 6.74. The third kappa shape index (κ3) is 3.46. The van der Waals surface area contributed by atoms with Crippen molar-refractivity contribution in [3.8, 4) is 0 Å². The maximum atomic E-state index is 11.2.